The summed E-state index contributed by atoms with van der Waals surface area (Å²) in [6.45, 7) is -2.17. The van der Waals surface area contributed by atoms with Crippen LogP contribution in [-0.4, -0.2) is 37.7 Å². The Balaban J connectivity index is 2.20. The Labute approximate surface area is 103 Å². The standard InChI is InChI=1S/C13H19NO2/c1-11-10-16-8-7-14(11)9-12-3-5-13(15-2)6-4-12/h3-6,11H,7-10H2,1-2H3/t11-/m0/s1/i7D2,8D2. The number of benzene rings is 1. The van der Waals surface area contributed by atoms with Gasteiger partial charge in [-0.25, -0.2) is 0 Å². The minimum atomic E-state index is -2.31. The molecule has 0 radical (unpaired) electrons. The third kappa shape index (κ3) is 2.74. The van der Waals surface area contributed by atoms with Crippen molar-refractivity contribution in [2.45, 2.75) is 19.5 Å². The highest BCUT2D eigenvalue weighted by Crippen LogP contribution is 2.15. The molecule has 16 heavy (non-hydrogen) atoms. The van der Waals surface area contributed by atoms with Gasteiger partial charge in [0.2, 0.25) is 0 Å². The van der Waals surface area contributed by atoms with E-state index in [-0.39, 0.29) is 12.6 Å². The van der Waals surface area contributed by atoms with Crippen molar-refractivity contribution in [3.63, 3.8) is 0 Å². The lowest BCUT2D eigenvalue weighted by Crippen LogP contribution is -2.42. The number of methoxy groups -OCH3 is 1. The minimum absolute atomic E-state index is 0.169. The van der Waals surface area contributed by atoms with E-state index in [9.17, 15) is 0 Å². The lowest BCUT2D eigenvalue weighted by Gasteiger charge is -2.33. The summed E-state index contributed by atoms with van der Waals surface area (Å²) in [7, 11) is 1.59. The van der Waals surface area contributed by atoms with Crippen molar-refractivity contribution in [1.82, 2.24) is 4.90 Å². The largest absolute Gasteiger partial charge is 0.497 e. The Bertz CT molecular complexity index is 464. The van der Waals surface area contributed by atoms with Crippen LogP contribution < -0.4 is 4.74 Å². The van der Waals surface area contributed by atoms with Gasteiger partial charge in [-0.1, -0.05) is 12.1 Å². The molecule has 0 N–H and O–H groups in total. The third-order valence-electron chi connectivity index (χ3n) is 2.63. The molecule has 1 aromatic rings. The van der Waals surface area contributed by atoms with Crippen LogP contribution in [0.1, 0.15) is 18.0 Å². The van der Waals surface area contributed by atoms with E-state index in [4.69, 9.17) is 15.0 Å². The van der Waals surface area contributed by atoms with Gasteiger partial charge in [0, 0.05) is 21.8 Å². The zero-order valence-electron chi connectivity index (χ0n) is 13.6. The van der Waals surface area contributed by atoms with E-state index >= 15 is 0 Å². The van der Waals surface area contributed by atoms with Gasteiger partial charge in [-0.15, -0.1) is 0 Å². The van der Waals surface area contributed by atoms with Crippen LogP contribution in [0.4, 0.5) is 0 Å². The SMILES string of the molecule is [2H]C1([2H])OC[C@H](C)N(Cc2ccc(OC)cc2)C1([2H])[2H]. The van der Waals surface area contributed by atoms with Crippen molar-refractivity contribution < 1.29 is 15.0 Å². The third-order valence-corrected chi connectivity index (χ3v) is 2.63. The molecule has 0 bridgehead atoms. The maximum Gasteiger partial charge on any atom is 0.118 e. The molecular weight excluding hydrogens is 202 g/mol. The molecule has 3 heteroatoms. The molecule has 3 nitrogen and oxygen atoms in total. The van der Waals surface area contributed by atoms with Crippen molar-refractivity contribution in [3.8, 4) is 5.75 Å². The van der Waals surface area contributed by atoms with Gasteiger partial charge in [0.05, 0.1) is 23.0 Å². The summed E-state index contributed by atoms with van der Waals surface area (Å²) in [5, 5.41) is 0. The molecule has 2 rings (SSSR count). The first-order valence-electron chi connectivity index (χ1n) is 7.31. The predicted octanol–water partition coefficient (Wildman–Crippen LogP) is 1.92. The van der Waals surface area contributed by atoms with Crippen molar-refractivity contribution in [2.24, 2.45) is 0 Å². The van der Waals surface area contributed by atoms with E-state index < -0.39 is 13.1 Å². The fourth-order valence-electron chi connectivity index (χ4n) is 1.58. The molecule has 1 aliphatic rings. The molecule has 0 aliphatic carbocycles. The zero-order valence-corrected chi connectivity index (χ0v) is 9.56. The molecular formula is C13H19NO2. The van der Waals surface area contributed by atoms with Crippen LogP contribution in [0.2, 0.25) is 0 Å². The number of hydrogen-bond acceptors (Lipinski definition) is 3. The normalized spacial score (nSPS) is 32.0. The fourth-order valence-corrected chi connectivity index (χ4v) is 1.58. The second-order valence-electron chi connectivity index (χ2n) is 3.85. The lowest BCUT2D eigenvalue weighted by molar-refractivity contribution is -0.00437. The maximum absolute atomic E-state index is 8.01. The summed E-state index contributed by atoms with van der Waals surface area (Å²) < 4.78 is 41.5. The van der Waals surface area contributed by atoms with E-state index in [1.54, 1.807) is 7.11 Å². The Kier molecular flexibility index (Phi) is 2.43. The Morgan fingerprint density at radius 2 is 2.25 bits per heavy atom. The summed E-state index contributed by atoms with van der Waals surface area (Å²) >= 11 is 0. The topological polar surface area (TPSA) is 21.7 Å². The maximum atomic E-state index is 8.01. The van der Waals surface area contributed by atoms with Crippen LogP contribution >= 0.6 is 0 Å². The quantitative estimate of drug-likeness (QED) is 0.784. The van der Waals surface area contributed by atoms with Crippen molar-refractivity contribution in [3.05, 3.63) is 29.8 Å². The first kappa shape index (κ1) is 7.30. The van der Waals surface area contributed by atoms with Crippen LogP contribution in [0.25, 0.3) is 0 Å². The number of nitrogens with zero attached hydrogens (tertiary/aromatic N) is 1. The van der Waals surface area contributed by atoms with Gasteiger partial charge in [0.25, 0.3) is 0 Å². The van der Waals surface area contributed by atoms with Crippen molar-refractivity contribution in [1.29, 1.82) is 0 Å². The monoisotopic (exact) mass is 225 g/mol. The molecule has 0 spiro atoms. The molecule has 1 fully saturated rings. The van der Waals surface area contributed by atoms with Crippen molar-refractivity contribution >= 4 is 0 Å². The first-order chi connectivity index (χ1) is 9.28. The summed E-state index contributed by atoms with van der Waals surface area (Å²) in [5.41, 5.74) is 0.902. The highest BCUT2D eigenvalue weighted by molar-refractivity contribution is 5.27. The highest BCUT2D eigenvalue weighted by atomic mass is 16.5. The van der Waals surface area contributed by atoms with Crippen molar-refractivity contribution in [2.75, 3.05) is 26.8 Å². The minimum Gasteiger partial charge on any atom is -0.497 e. The van der Waals surface area contributed by atoms with Gasteiger partial charge in [0.15, 0.2) is 0 Å². The van der Waals surface area contributed by atoms with E-state index in [1.807, 2.05) is 31.2 Å². The summed E-state index contributed by atoms with van der Waals surface area (Å²) in [6, 6.07) is 7.13. The van der Waals surface area contributed by atoms with Crippen LogP contribution in [-0.2, 0) is 11.3 Å². The Morgan fingerprint density at radius 1 is 1.50 bits per heavy atom. The van der Waals surface area contributed by atoms with E-state index in [0.717, 1.165) is 11.3 Å². The smallest absolute Gasteiger partial charge is 0.118 e. The molecule has 0 aromatic heterocycles. The Hall–Kier alpha value is -1.06. The van der Waals surface area contributed by atoms with E-state index in [2.05, 4.69) is 0 Å². The van der Waals surface area contributed by atoms with Crippen LogP contribution in [0.15, 0.2) is 24.3 Å². The number of rotatable bonds is 3. The highest BCUT2D eigenvalue weighted by Gasteiger charge is 2.18. The second kappa shape index (κ2) is 5.32. The lowest BCUT2D eigenvalue weighted by atomic mass is 10.1. The molecule has 0 unspecified atom stereocenters. The molecule has 1 heterocycles. The summed E-state index contributed by atoms with van der Waals surface area (Å²) in [6.07, 6.45) is 0. The van der Waals surface area contributed by atoms with Crippen LogP contribution in [0.3, 0.4) is 0 Å². The predicted molar refractivity (Wildman–Crippen MR) is 63.7 cm³/mol. The van der Waals surface area contributed by atoms with E-state index in [1.165, 1.54) is 4.90 Å². The average Bonchev–Trinajstić information content (AvgIpc) is 2.41. The van der Waals surface area contributed by atoms with Gasteiger partial charge < -0.3 is 9.47 Å². The average molecular weight is 225 g/mol. The zero-order chi connectivity index (χ0) is 15.0. The summed E-state index contributed by atoms with van der Waals surface area (Å²) in [5.74, 6) is 0.738. The fraction of sp³-hybridized carbons (Fsp3) is 0.538. The molecule has 1 saturated heterocycles. The van der Waals surface area contributed by atoms with Crippen LogP contribution in [0, 0.1) is 0 Å². The molecule has 0 amide bonds. The second-order valence-corrected chi connectivity index (χ2v) is 3.85. The number of morpholine rings is 1. The van der Waals surface area contributed by atoms with Crippen LogP contribution in [0.5, 0.6) is 5.75 Å². The molecule has 0 saturated carbocycles. The Morgan fingerprint density at radius 3 is 2.94 bits per heavy atom. The first-order valence-corrected chi connectivity index (χ1v) is 5.31. The van der Waals surface area contributed by atoms with Gasteiger partial charge >= 0.3 is 0 Å². The van der Waals surface area contributed by atoms with Gasteiger partial charge in [-0.3, -0.25) is 4.90 Å². The molecule has 1 aliphatic heterocycles. The molecule has 1 aromatic carbocycles. The van der Waals surface area contributed by atoms with Gasteiger partial charge in [-0.2, -0.15) is 0 Å². The van der Waals surface area contributed by atoms with Gasteiger partial charge in [0.1, 0.15) is 5.75 Å². The van der Waals surface area contributed by atoms with Gasteiger partial charge in [-0.05, 0) is 24.6 Å². The molecule has 88 valence electrons. The summed E-state index contributed by atoms with van der Waals surface area (Å²) in [4.78, 5) is 1.50. The number of hydrogen-bond donors (Lipinski definition) is 0. The molecule has 1 atom stereocenters. The number of ether oxygens (including phenoxy) is 2. The van der Waals surface area contributed by atoms with E-state index in [0.29, 0.717) is 6.54 Å².